The molecule has 0 aliphatic carbocycles. The smallest absolute Gasteiger partial charge is 0.411 e. The predicted molar refractivity (Wildman–Crippen MR) is 315 cm³/mol. The first-order chi connectivity index (χ1) is 39.8. The molecule has 0 fully saturated rings. The number of benzene rings is 8. The first-order valence-electron chi connectivity index (χ1n) is 27.9. The number of sulfone groups is 2. The van der Waals surface area contributed by atoms with Crippen LogP contribution in [0.15, 0.2) is 214 Å². The van der Waals surface area contributed by atoms with E-state index in [0.29, 0.717) is 42.9 Å². The Kier molecular flexibility index (Phi) is 18.6. The zero-order chi connectivity index (χ0) is 60.9. The lowest BCUT2D eigenvalue weighted by molar-refractivity contribution is -0.288. The van der Waals surface area contributed by atoms with Crippen molar-refractivity contribution in [2.75, 3.05) is 0 Å². The molecule has 0 aliphatic rings. The average Bonchev–Trinajstić information content (AvgIpc) is 2.56. The van der Waals surface area contributed by atoms with Crippen LogP contribution in [0.1, 0.15) is 110 Å². The maximum absolute atomic E-state index is 14.9. The molecule has 2 unspecified atom stereocenters. The van der Waals surface area contributed by atoms with Crippen LogP contribution >= 0.6 is 0 Å². The van der Waals surface area contributed by atoms with E-state index in [0.717, 1.165) is 77.2 Å². The van der Waals surface area contributed by atoms with E-state index >= 15 is 0 Å². The van der Waals surface area contributed by atoms with Crippen molar-refractivity contribution < 1.29 is 62.1 Å². The summed E-state index contributed by atoms with van der Waals surface area (Å²) >= 11 is 0. The molecule has 8 nitrogen and oxygen atoms in total. The monoisotopic (exact) mass is 1190 g/mol. The fourth-order valence-electron chi connectivity index (χ4n) is 10.5. The van der Waals surface area contributed by atoms with E-state index in [1.807, 2.05) is 86.6 Å². The van der Waals surface area contributed by atoms with Gasteiger partial charge in [0.15, 0.2) is 0 Å². The number of ether oxygens (including phenoxy) is 4. The Bertz CT molecular complexity index is 3680. The van der Waals surface area contributed by atoms with Crippen LogP contribution in [0.5, 0.6) is 34.5 Å². The van der Waals surface area contributed by atoms with Gasteiger partial charge in [-0.3, -0.25) is 0 Å². The molecule has 0 bridgehead atoms. The molecule has 442 valence electrons. The summed E-state index contributed by atoms with van der Waals surface area (Å²) in [6.07, 6.45) is -8.64. The highest BCUT2D eigenvalue weighted by Crippen LogP contribution is 2.56. The van der Waals surface area contributed by atoms with Crippen LogP contribution in [-0.4, -0.2) is 41.4 Å². The Labute approximate surface area is 489 Å². The third-order valence-electron chi connectivity index (χ3n) is 16.2. The van der Waals surface area contributed by atoms with Crippen LogP contribution in [0.4, 0.5) is 26.3 Å². The molecule has 8 aromatic carbocycles. The summed E-state index contributed by atoms with van der Waals surface area (Å²) in [5.74, 6) is 1.88. The maximum Gasteiger partial charge on any atom is 0.411 e. The Morgan fingerprint density at radius 2 is 0.667 bits per heavy atom. The van der Waals surface area contributed by atoms with E-state index in [2.05, 4.69) is 34.6 Å². The fourth-order valence-corrected chi connectivity index (χ4v) is 13.0. The molecule has 2 atom stereocenters. The van der Waals surface area contributed by atoms with Crippen molar-refractivity contribution in [3.63, 3.8) is 0 Å². The molecule has 84 heavy (non-hydrogen) atoms. The third-order valence-corrected chi connectivity index (χ3v) is 19.8. The van der Waals surface area contributed by atoms with Gasteiger partial charge < -0.3 is 18.9 Å². The predicted octanol–water partition coefficient (Wildman–Crippen LogP) is 18.8. The Balaban J connectivity index is 0.899. The number of halogens is 6. The van der Waals surface area contributed by atoms with Crippen molar-refractivity contribution >= 4 is 19.7 Å². The van der Waals surface area contributed by atoms with Crippen molar-refractivity contribution in [2.24, 2.45) is 0 Å². The van der Waals surface area contributed by atoms with Crippen LogP contribution in [0.3, 0.4) is 0 Å². The van der Waals surface area contributed by atoms with Crippen LogP contribution in [0.2, 0.25) is 0 Å². The lowest BCUT2D eigenvalue weighted by atomic mass is 9.70. The van der Waals surface area contributed by atoms with E-state index in [1.54, 1.807) is 55.5 Å². The Morgan fingerprint density at radius 1 is 0.369 bits per heavy atom. The van der Waals surface area contributed by atoms with Crippen molar-refractivity contribution in [3.8, 4) is 45.6 Å². The molecule has 0 N–H and O–H groups in total. The Morgan fingerprint density at radius 3 is 1.00 bits per heavy atom. The van der Waals surface area contributed by atoms with Gasteiger partial charge in [-0.25, -0.2) is 16.8 Å². The van der Waals surface area contributed by atoms with Crippen molar-refractivity contribution in [3.05, 3.63) is 216 Å². The van der Waals surface area contributed by atoms with Gasteiger partial charge in [0, 0.05) is 5.41 Å². The highest BCUT2D eigenvalue weighted by atomic mass is 32.2. The Hall–Kier alpha value is -7.56. The van der Waals surface area contributed by atoms with Crippen LogP contribution in [0, 0.1) is 0 Å². The minimum atomic E-state index is -5.79. The molecule has 8 aromatic rings. The van der Waals surface area contributed by atoms with Crippen LogP contribution in [-0.2, 0) is 35.9 Å². The minimum Gasteiger partial charge on any atom is -0.491 e. The van der Waals surface area contributed by atoms with Crippen molar-refractivity contribution in [1.29, 1.82) is 0 Å². The van der Waals surface area contributed by atoms with E-state index < -0.39 is 54.0 Å². The van der Waals surface area contributed by atoms with Crippen LogP contribution < -0.4 is 18.9 Å². The van der Waals surface area contributed by atoms with E-state index in [4.69, 9.17) is 18.9 Å². The maximum atomic E-state index is 14.9. The van der Waals surface area contributed by atoms with E-state index in [-0.39, 0.29) is 54.5 Å². The summed E-state index contributed by atoms with van der Waals surface area (Å²) in [5.41, 5.74) is -3.16. The molecule has 0 spiro atoms. The molecule has 0 aliphatic heterocycles. The van der Waals surface area contributed by atoms with Crippen molar-refractivity contribution in [1.82, 2.24) is 0 Å². The molecular weight excluding hydrogens is 1120 g/mol. The summed E-state index contributed by atoms with van der Waals surface area (Å²) in [7, 11) is -7.78. The summed E-state index contributed by atoms with van der Waals surface area (Å²) in [5, 5.41) is 0. The average molecular weight is 1190 g/mol. The SMILES string of the molecule is CCC(C)Oc1ccc(C(c2ccc(Oc3ccc(S(=O)(=O)c4ccc(C(CC)(CC)C(CC)Oc5ccc(-c6ccc(Oc7ccc(S(=O)(=O)c8ccc(C(C)(C)CC)cc8)cc7)cc6)cc5)cc4)cc3)cc2)(C(F)(F)F)C(F)(F)F)cc1. The second-order valence-electron chi connectivity index (χ2n) is 21.5. The normalized spacial score (nSPS) is 13.5. The van der Waals surface area contributed by atoms with Gasteiger partial charge in [0.05, 0.1) is 25.7 Å². The zero-order valence-corrected chi connectivity index (χ0v) is 49.6. The van der Waals surface area contributed by atoms with E-state index in [1.165, 1.54) is 24.3 Å². The standard InChI is InChI=1S/C68H68F6O8S2/c1-9-46(6)79-53-30-18-51(19-31-53)66(67(69,70)71,68(72,73)74)52-20-32-55(33-21-52)81-57-36-44-62(45-37-57)84(77,78)60-40-24-50(25-41-60)65(12-4,13-5)63(10-2)82-58-28-16-48(17-29-58)47-14-26-54(27-15-47)80-56-34-42-61(43-35-56)83(75,76)59-38-22-49(23-39-59)64(7,8)11-3/h14-46,63H,9-13H2,1-8H3. The highest BCUT2D eigenvalue weighted by molar-refractivity contribution is 7.91. The summed E-state index contributed by atoms with van der Waals surface area (Å²) in [6, 6.07) is 48.0. The van der Waals surface area contributed by atoms with Crippen LogP contribution in [0.25, 0.3) is 11.1 Å². The van der Waals surface area contributed by atoms with Gasteiger partial charge in [-0.2, -0.15) is 26.3 Å². The summed E-state index contributed by atoms with van der Waals surface area (Å²) in [6.45, 7) is 16.1. The molecule has 8 rings (SSSR count). The van der Waals surface area contributed by atoms with Gasteiger partial charge in [0.1, 0.15) is 40.6 Å². The van der Waals surface area contributed by atoms with Gasteiger partial charge in [0.25, 0.3) is 0 Å². The summed E-state index contributed by atoms with van der Waals surface area (Å²) in [4.78, 5) is 0.376. The topological polar surface area (TPSA) is 105 Å². The van der Waals surface area contributed by atoms with Crippen molar-refractivity contribution in [2.45, 2.75) is 148 Å². The number of hydrogen-bond donors (Lipinski definition) is 0. The molecule has 0 aromatic heterocycles. The quantitative estimate of drug-likeness (QED) is 0.0583. The first kappa shape index (κ1) is 62.5. The van der Waals surface area contributed by atoms with E-state index in [9.17, 15) is 43.2 Å². The van der Waals surface area contributed by atoms with Gasteiger partial charge in [-0.15, -0.1) is 0 Å². The number of hydrogen-bond acceptors (Lipinski definition) is 8. The molecule has 0 radical (unpaired) electrons. The molecule has 16 heteroatoms. The van der Waals surface area contributed by atoms with Gasteiger partial charge in [-0.1, -0.05) is 121 Å². The van der Waals surface area contributed by atoms with Gasteiger partial charge >= 0.3 is 12.4 Å². The third kappa shape index (κ3) is 12.8. The molecule has 0 saturated heterocycles. The fraction of sp³-hybridized carbons (Fsp3) is 0.294. The second kappa shape index (κ2) is 25.0. The van der Waals surface area contributed by atoms with Gasteiger partial charge in [-0.05, 0) is 199 Å². The lowest BCUT2D eigenvalue weighted by Gasteiger charge is -2.40. The first-order valence-corrected chi connectivity index (χ1v) is 30.9. The minimum absolute atomic E-state index is 0.0344. The highest BCUT2D eigenvalue weighted by Gasteiger charge is 2.72. The second-order valence-corrected chi connectivity index (χ2v) is 25.4. The van der Waals surface area contributed by atoms with Gasteiger partial charge in [0.2, 0.25) is 25.1 Å². The number of alkyl halides is 6. The zero-order valence-electron chi connectivity index (χ0n) is 48.0. The molecular formula is C68H68F6O8S2. The molecule has 0 amide bonds. The lowest BCUT2D eigenvalue weighted by Crippen LogP contribution is -2.54. The molecule has 0 heterocycles. The number of rotatable bonds is 23. The largest absolute Gasteiger partial charge is 0.491 e. The summed E-state index contributed by atoms with van der Waals surface area (Å²) < 4.78 is 168. The molecule has 0 saturated carbocycles.